The molecule has 132 valence electrons. The van der Waals surface area contributed by atoms with Crippen molar-refractivity contribution in [1.29, 1.82) is 0 Å². The van der Waals surface area contributed by atoms with Gasteiger partial charge in [-0.3, -0.25) is 4.79 Å². The third-order valence-electron chi connectivity index (χ3n) is 4.94. The van der Waals surface area contributed by atoms with Gasteiger partial charge in [-0.25, -0.2) is 4.98 Å². The van der Waals surface area contributed by atoms with Crippen molar-refractivity contribution in [1.82, 2.24) is 9.88 Å². The van der Waals surface area contributed by atoms with Crippen LogP contribution in [0, 0.1) is 6.92 Å². The van der Waals surface area contributed by atoms with Crippen LogP contribution in [0.4, 0.5) is 0 Å². The first-order chi connectivity index (χ1) is 11.9. The summed E-state index contributed by atoms with van der Waals surface area (Å²) in [6, 6.07) is 12.5. The molecule has 0 radical (unpaired) electrons. The molecular formula is C20H24N2O3. The number of pyridine rings is 1. The third kappa shape index (κ3) is 3.37. The van der Waals surface area contributed by atoms with E-state index in [9.17, 15) is 9.90 Å². The van der Waals surface area contributed by atoms with Gasteiger partial charge in [-0.1, -0.05) is 18.2 Å². The topological polar surface area (TPSA) is 62.7 Å². The molecule has 2 aromatic rings. The summed E-state index contributed by atoms with van der Waals surface area (Å²) in [7, 11) is 1.61. The highest BCUT2D eigenvalue weighted by Crippen LogP contribution is 2.36. The molecule has 3 rings (SSSR count). The highest BCUT2D eigenvalue weighted by atomic mass is 16.5. The van der Waals surface area contributed by atoms with Crippen LogP contribution in [0.2, 0.25) is 0 Å². The number of hydrogen-bond acceptors (Lipinski definition) is 4. The Morgan fingerprint density at radius 3 is 2.64 bits per heavy atom. The number of amides is 1. The van der Waals surface area contributed by atoms with Gasteiger partial charge in [0.15, 0.2) is 0 Å². The number of likely N-dealkylation sites (tertiary alicyclic amines) is 1. The molecule has 0 saturated carbocycles. The number of carbonyl (C=O) groups is 1. The van der Waals surface area contributed by atoms with Crippen LogP contribution in [0.1, 0.15) is 41.5 Å². The maximum atomic E-state index is 12.9. The first-order valence-corrected chi connectivity index (χ1v) is 8.55. The molecule has 1 amide bonds. The van der Waals surface area contributed by atoms with Crippen molar-refractivity contribution in [2.75, 3.05) is 13.7 Å². The number of nitrogens with zero attached hydrogens (tertiary/aromatic N) is 2. The zero-order valence-corrected chi connectivity index (χ0v) is 14.9. The number of aliphatic hydroxyl groups is 1. The molecule has 2 heterocycles. The number of aromatic nitrogens is 1. The number of benzene rings is 1. The Bertz CT molecular complexity index is 756. The molecule has 1 aromatic heterocycles. The van der Waals surface area contributed by atoms with E-state index in [0.29, 0.717) is 12.2 Å². The molecule has 2 atom stereocenters. The zero-order valence-electron chi connectivity index (χ0n) is 14.9. The normalized spacial score (nSPS) is 19.5. The lowest BCUT2D eigenvalue weighted by molar-refractivity contribution is -0.0179. The van der Waals surface area contributed by atoms with E-state index in [1.807, 2.05) is 43.3 Å². The molecule has 0 spiro atoms. The molecule has 1 aliphatic heterocycles. The number of ether oxygens (including phenoxy) is 1. The maximum Gasteiger partial charge on any atom is 0.272 e. The van der Waals surface area contributed by atoms with Crippen LogP contribution in [0.3, 0.4) is 0 Å². The molecule has 25 heavy (non-hydrogen) atoms. The van der Waals surface area contributed by atoms with Gasteiger partial charge in [0.1, 0.15) is 17.0 Å². The summed E-state index contributed by atoms with van der Waals surface area (Å²) in [4.78, 5) is 19.0. The average Bonchev–Trinajstić information content (AvgIpc) is 3.11. The molecule has 1 aliphatic rings. The van der Waals surface area contributed by atoms with Crippen LogP contribution < -0.4 is 4.74 Å². The Morgan fingerprint density at radius 1 is 1.28 bits per heavy atom. The lowest BCUT2D eigenvalue weighted by atomic mass is 9.86. The van der Waals surface area contributed by atoms with Crippen molar-refractivity contribution >= 4 is 5.91 Å². The zero-order chi connectivity index (χ0) is 18.0. The van der Waals surface area contributed by atoms with E-state index in [1.165, 1.54) is 0 Å². The Labute approximate surface area is 148 Å². The van der Waals surface area contributed by atoms with Gasteiger partial charge < -0.3 is 14.7 Å². The fourth-order valence-electron chi connectivity index (χ4n) is 3.52. The number of aryl methyl sites for hydroxylation is 1. The number of hydrogen-bond donors (Lipinski definition) is 1. The second-order valence-electron chi connectivity index (χ2n) is 6.70. The van der Waals surface area contributed by atoms with Gasteiger partial charge in [0.2, 0.25) is 0 Å². The smallest absolute Gasteiger partial charge is 0.272 e. The van der Waals surface area contributed by atoms with Crippen LogP contribution in [-0.2, 0) is 5.60 Å². The molecule has 0 bridgehead atoms. The lowest BCUT2D eigenvalue weighted by Gasteiger charge is -2.37. The van der Waals surface area contributed by atoms with Crippen molar-refractivity contribution in [3.63, 3.8) is 0 Å². The molecule has 1 saturated heterocycles. The quantitative estimate of drug-likeness (QED) is 0.929. The first-order valence-electron chi connectivity index (χ1n) is 8.55. The first kappa shape index (κ1) is 17.4. The highest BCUT2D eigenvalue weighted by Gasteiger charge is 2.43. The van der Waals surface area contributed by atoms with Crippen molar-refractivity contribution in [3.8, 4) is 5.75 Å². The summed E-state index contributed by atoms with van der Waals surface area (Å²) in [6.45, 7) is 4.27. The van der Waals surface area contributed by atoms with Crippen LogP contribution in [-0.4, -0.2) is 40.6 Å². The Kier molecular flexibility index (Phi) is 4.77. The van der Waals surface area contributed by atoms with Crippen molar-refractivity contribution in [3.05, 3.63) is 59.4 Å². The van der Waals surface area contributed by atoms with Gasteiger partial charge in [0.25, 0.3) is 5.91 Å². The van der Waals surface area contributed by atoms with Crippen LogP contribution in [0.5, 0.6) is 5.75 Å². The van der Waals surface area contributed by atoms with E-state index in [2.05, 4.69) is 4.98 Å². The highest BCUT2D eigenvalue weighted by molar-refractivity contribution is 5.92. The summed E-state index contributed by atoms with van der Waals surface area (Å²) in [5.41, 5.74) is 0.874. The average molecular weight is 340 g/mol. The van der Waals surface area contributed by atoms with E-state index in [4.69, 9.17) is 4.74 Å². The van der Waals surface area contributed by atoms with E-state index in [1.54, 1.807) is 25.0 Å². The minimum atomic E-state index is -1.14. The minimum absolute atomic E-state index is 0.125. The monoisotopic (exact) mass is 340 g/mol. The number of rotatable bonds is 4. The van der Waals surface area contributed by atoms with Crippen molar-refractivity contribution < 1.29 is 14.6 Å². The van der Waals surface area contributed by atoms with Gasteiger partial charge in [0.05, 0.1) is 13.2 Å². The van der Waals surface area contributed by atoms with Crippen LogP contribution in [0.15, 0.2) is 42.5 Å². The van der Waals surface area contributed by atoms with E-state index in [-0.39, 0.29) is 11.9 Å². The second-order valence-corrected chi connectivity index (χ2v) is 6.70. The lowest BCUT2D eigenvalue weighted by Crippen LogP contribution is -2.48. The standard InChI is InChI=1S/C20H24N2O3/c1-14-6-4-7-17(21-14)19(23)22-13-5-8-18(22)20(2,24)15-9-11-16(25-3)12-10-15/h4,6-7,9-12,18,24H,5,8,13H2,1-3H3. The fourth-order valence-corrected chi connectivity index (χ4v) is 3.52. The molecule has 5 nitrogen and oxygen atoms in total. The summed E-state index contributed by atoms with van der Waals surface area (Å²) in [6.07, 6.45) is 1.63. The summed E-state index contributed by atoms with van der Waals surface area (Å²) in [5.74, 6) is 0.614. The predicted molar refractivity (Wildman–Crippen MR) is 95.6 cm³/mol. The van der Waals surface area contributed by atoms with Crippen LogP contribution >= 0.6 is 0 Å². The Hall–Kier alpha value is -2.40. The second kappa shape index (κ2) is 6.84. The summed E-state index contributed by atoms with van der Waals surface area (Å²) >= 11 is 0. The van der Waals surface area contributed by atoms with Gasteiger partial charge in [-0.2, -0.15) is 0 Å². The van der Waals surface area contributed by atoms with Gasteiger partial charge in [-0.15, -0.1) is 0 Å². The molecule has 0 aliphatic carbocycles. The minimum Gasteiger partial charge on any atom is -0.497 e. The SMILES string of the molecule is COc1ccc(C(C)(O)C2CCCN2C(=O)c2cccc(C)n2)cc1. The van der Waals surface area contributed by atoms with E-state index < -0.39 is 5.60 Å². The Morgan fingerprint density at radius 2 is 2.00 bits per heavy atom. The maximum absolute atomic E-state index is 12.9. The third-order valence-corrected chi connectivity index (χ3v) is 4.94. The van der Waals surface area contributed by atoms with Crippen molar-refractivity contribution in [2.24, 2.45) is 0 Å². The molecule has 1 N–H and O–H groups in total. The van der Waals surface area contributed by atoms with E-state index >= 15 is 0 Å². The fraction of sp³-hybridized carbons (Fsp3) is 0.400. The summed E-state index contributed by atoms with van der Waals surface area (Å²) < 4.78 is 5.18. The molecule has 5 heteroatoms. The van der Waals surface area contributed by atoms with Gasteiger partial charge >= 0.3 is 0 Å². The van der Waals surface area contributed by atoms with Gasteiger partial charge in [0, 0.05) is 12.2 Å². The Balaban J connectivity index is 1.87. The van der Waals surface area contributed by atoms with Gasteiger partial charge in [-0.05, 0) is 56.5 Å². The van der Waals surface area contributed by atoms with E-state index in [0.717, 1.165) is 29.8 Å². The van der Waals surface area contributed by atoms with Crippen molar-refractivity contribution in [2.45, 2.75) is 38.3 Å². The summed E-state index contributed by atoms with van der Waals surface area (Å²) in [5, 5.41) is 11.2. The molecule has 2 unspecified atom stereocenters. The number of methoxy groups -OCH3 is 1. The molecular weight excluding hydrogens is 316 g/mol. The largest absolute Gasteiger partial charge is 0.497 e. The predicted octanol–water partition coefficient (Wildman–Crippen LogP) is 2.91. The van der Waals surface area contributed by atoms with Crippen LogP contribution in [0.25, 0.3) is 0 Å². The number of carbonyl (C=O) groups excluding carboxylic acids is 1. The molecule has 1 aromatic carbocycles. The molecule has 1 fully saturated rings.